The second-order valence-electron chi connectivity index (χ2n) is 34.4. The van der Waals surface area contributed by atoms with Crippen LogP contribution in [0.15, 0.2) is 243 Å². The maximum Gasteiger partial charge on any atom is 0.122 e. The Balaban J connectivity index is 0.000000141. The SMILES string of the molecule is C.CC(C)(c1ccc(OCC2CO2)cc1)c1ccc(C(C)(c2ccc(OCC3CO3)cc2)c2ccc(OCC3CO3)cc2)cc1.CCC.CCC.Cc1ccccc1OCC1CO1.Cc1ccccc1OCC1CO1.Cc1ccccc1OCC1CO1.c1cc(-c2ccc(OCC3CO3)cc2)ccc1OCC1CO1.c1cc(N(CC2CO2)CC2CO2)ccc1OCC1CO1. The van der Waals surface area contributed by atoms with E-state index in [2.05, 4.69) is 187 Å². The van der Waals surface area contributed by atoms with Gasteiger partial charge in [-0.2, -0.15) is 0 Å². The average Bonchev–Trinajstić information content (AvgIpc) is 1.59. The van der Waals surface area contributed by atoms with Crippen LogP contribution < -0.4 is 47.5 Å². The Morgan fingerprint density at radius 2 is 0.434 bits per heavy atom. The van der Waals surface area contributed by atoms with Crippen molar-refractivity contribution in [3.8, 4) is 62.9 Å². The van der Waals surface area contributed by atoms with Crippen molar-refractivity contribution in [2.45, 2.75) is 167 Å². The lowest BCUT2D eigenvalue weighted by molar-refractivity contribution is 0.262. The molecule has 21 nitrogen and oxygen atoms in total. The highest BCUT2D eigenvalue weighted by molar-refractivity contribution is 5.65. The zero-order valence-corrected chi connectivity index (χ0v) is 76.0. The van der Waals surface area contributed by atoms with E-state index < -0.39 is 5.41 Å². The summed E-state index contributed by atoms with van der Waals surface area (Å²) in [5, 5.41) is 0. The molecule has 10 aromatic carbocycles. The third-order valence-corrected chi connectivity index (χ3v) is 22.3. The van der Waals surface area contributed by atoms with E-state index in [4.69, 9.17) is 94.7 Å². The minimum Gasteiger partial charge on any atom is -0.491 e. The molecule has 11 atom stereocenters. The molecule has 11 aliphatic heterocycles. The van der Waals surface area contributed by atoms with Gasteiger partial charge in [-0.15, -0.1) is 0 Å². The standard InChI is InChI=1S/C38H40O6.C18H18O4.C15H19NO4.3C10H12O2.2C3H8.CH4/c1-37(2,27-8-14-31(15-9-27)39-20-34-23-42-34)26-4-6-28(7-5-26)38(3,29-10-16-32(17-11-29)40-21-35-24-43-35)30-12-18-33(19-13-30)41-22-36-25-44-36;1-5-15(19-9-17-11-21-17)6-2-13(1)14-3-7-16(8-4-14)20-10-18-12-22-18;1-3-12(17-9-15-10-20-15)4-2-11(1)16(5-13-7-18-13)6-14-8-19-14;3*1-8-4-2-3-5-10(8)12-7-9-6-11-9;2*1-3-2;/h4-19,34-36H,20-25H2,1-3H3;1-8,17-18H,9-12H2;1-4,13-15H,5-10H2;3*2-5,9H,6-7H2,1H3;2*3H2,1-2H3;1H4. The highest BCUT2D eigenvalue weighted by Gasteiger charge is 2.36. The van der Waals surface area contributed by atoms with Gasteiger partial charge in [0.25, 0.3) is 0 Å². The van der Waals surface area contributed by atoms with Gasteiger partial charge in [0.2, 0.25) is 0 Å². The molecule has 11 aliphatic rings. The number of hydrogen-bond acceptors (Lipinski definition) is 21. The fourth-order valence-corrected chi connectivity index (χ4v) is 13.3. The summed E-state index contributed by atoms with van der Waals surface area (Å²) in [7, 11) is 0. The molecule has 0 spiro atoms. The van der Waals surface area contributed by atoms with E-state index >= 15 is 0 Å². The highest BCUT2D eigenvalue weighted by Crippen LogP contribution is 2.43. The molecule has 0 aliphatic carbocycles. The molecule has 0 saturated carbocycles. The normalized spacial score (nSPS) is 21.8. The Morgan fingerprint density at radius 1 is 0.248 bits per heavy atom. The minimum atomic E-state index is -0.400. The fraction of sp³-hybridized carbons (Fsp3) is 0.444. The summed E-state index contributed by atoms with van der Waals surface area (Å²) in [5.74, 6) is 8.13. The van der Waals surface area contributed by atoms with Crippen LogP contribution in [0.25, 0.3) is 11.1 Å². The van der Waals surface area contributed by atoms with Crippen LogP contribution in [0.1, 0.15) is 113 Å². The van der Waals surface area contributed by atoms with Crippen LogP contribution in [0.2, 0.25) is 0 Å². The number of hydrogen-bond donors (Lipinski definition) is 0. The Labute approximate surface area is 763 Å². The summed E-state index contributed by atoms with van der Waals surface area (Å²) in [6.07, 6.45) is 5.85. The number of anilines is 1. The summed E-state index contributed by atoms with van der Waals surface area (Å²) in [6, 6.07) is 83.0. The number of rotatable bonds is 38. The maximum absolute atomic E-state index is 5.94. The molecule has 21 heteroatoms. The fourth-order valence-electron chi connectivity index (χ4n) is 13.3. The number of ether oxygens (including phenoxy) is 20. The first-order chi connectivity index (χ1) is 62.5. The highest BCUT2D eigenvalue weighted by atomic mass is 16.6. The number of aryl methyl sites for hydroxylation is 3. The lowest BCUT2D eigenvalue weighted by atomic mass is 9.70. The first-order valence-electron chi connectivity index (χ1n) is 45.6. The lowest BCUT2D eigenvalue weighted by Crippen LogP contribution is -2.31. The first kappa shape index (κ1) is 96.3. The van der Waals surface area contributed by atoms with Crippen molar-refractivity contribution in [2.24, 2.45) is 0 Å². The first-order valence-corrected chi connectivity index (χ1v) is 45.6. The Bertz CT molecular complexity index is 4610. The van der Waals surface area contributed by atoms with E-state index in [1.807, 2.05) is 130 Å². The van der Waals surface area contributed by atoms with E-state index in [0.717, 1.165) is 149 Å². The lowest BCUT2D eigenvalue weighted by Gasteiger charge is -2.33. The van der Waals surface area contributed by atoms with Crippen molar-refractivity contribution in [3.63, 3.8) is 0 Å². The molecule has 690 valence electrons. The van der Waals surface area contributed by atoms with Crippen molar-refractivity contribution in [1.29, 1.82) is 0 Å². The van der Waals surface area contributed by atoms with Crippen LogP contribution in [0.5, 0.6) is 51.7 Å². The van der Waals surface area contributed by atoms with Gasteiger partial charge in [0.15, 0.2) is 0 Å². The predicted octanol–water partition coefficient (Wildman–Crippen LogP) is 19.5. The second kappa shape index (κ2) is 48.6. The number of para-hydroxylation sites is 3. The van der Waals surface area contributed by atoms with Gasteiger partial charge in [0, 0.05) is 29.6 Å². The summed E-state index contributed by atoms with van der Waals surface area (Å²) >= 11 is 0. The molecule has 11 unspecified atom stereocenters. The molecule has 10 aromatic rings. The van der Waals surface area contributed by atoms with Crippen LogP contribution in [0.4, 0.5) is 5.69 Å². The molecule has 11 saturated heterocycles. The molecule has 0 bridgehead atoms. The van der Waals surface area contributed by atoms with E-state index in [1.54, 1.807) is 0 Å². The molecule has 11 heterocycles. The second-order valence-corrected chi connectivity index (χ2v) is 34.4. The van der Waals surface area contributed by atoms with Gasteiger partial charge in [0.1, 0.15) is 166 Å². The summed E-state index contributed by atoms with van der Waals surface area (Å²) < 4.78 is 108. The number of benzene rings is 10. The van der Waals surface area contributed by atoms with Crippen LogP contribution >= 0.6 is 0 Å². The zero-order chi connectivity index (χ0) is 88.9. The largest absolute Gasteiger partial charge is 0.491 e. The zero-order valence-electron chi connectivity index (χ0n) is 76.0. The monoisotopic (exact) mass is 1760 g/mol. The van der Waals surface area contributed by atoms with E-state index in [9.17, 15) is 0 Å². The van der Waals surface area contributed by atoms with Gasteiger partial charge in [-0.05, 0) is 186 Å². The number of nitrogens with zero attached hydrogens (tertiary/aromatic N) is 1. The molecular formula is C108H133NO20. The van der Waals surface area contributed by atoms with Gasteiger partial charge < -0.3 is 99.6 Å². The third-order valence-electron chi connectivity index (χ3n) is 22.3. The van der Waals surface area contributed by atoms with Gasteiger partial charge in [-0.1, -0.05) is 201 Å². The van der Waals surface area contributed by atoms with Crippen molar-refractivity contribution in [2.75, 3.05) is 150 Å². The van der Waals surface area contributed by atoms with Crippen LogP contribution in [-0.2, 0) is 62.9 Å². The van der Waals surface area contributed by atoms with Gasteiger partial charge in [-0.25, -0.2) is 0 Å². The van der Waals surface area contributed by atoms with Gasteiger partial charge in [0.05, 0.1) is 84.9 Å². The molecule has 0 radical (unpaired) electrons. The predicted molar refractivity (Wildman–Crippen MR) is 503 cm³/mol. The van der Waals surface area contributed by atoms with Crippen molar-refractivity contribution >= 4 is 5.69 Å². The molecule has 0 amide bonds. The Kier molecular flexibility index (Phi) is 36.3. The smallest absolute Gasteiger partial charge is 0.122 e. The van der Waals surface area contributed by atoms with Crippen LogP contribution in [-0.4, -0.2) is 212 Å². The molecule has 11 fully saturated rings. The molecule has 0 aromatic heterocycles. The Morgan fingerprint density at radius 3 is 0.659 bits per heavy atom. The topological polar surface area (TPSA) is 224 Å². The van der Waals surface area contributed by atoms with Crippen molar-refractivity contribution in [1.82, 2.24) is 0 Å². The molecule has 129 heavy (non-hydrogen) atoms. The van der Waals surface area contributed by atoms with Crippen molar-refractivity contribution < 1.29 is 94.7 Å². The summed E-state index contributed by atoms with van der Waals surface area (Å²) in [6.45, 7) is 38.3. The average molecular weight is 1770 g/mol. The molecule has 0 N–H and O–H groups in total. The molecular weight excluding hydrogens is 1630 g/mol. The van der Waals surface area contributed by atoms with Crippen LogP contribution in [0, 0.1) is 20.8 Å². The summed E-state index contributed by atoms with van der Waals surface area (Å²) in [5.41, 5.74) is 12.6. The van der Waals surface area contributed by atoms with Crippen LogP contribution in [0.3, 0.4) is 0 Å². The maximum atomic E-state index is 5.94. The number of epoxide rings is 11. The van der Waals surface area contributed by atoms with Gasteiger partial charge >= 0.3 is 0 Å². The quantitative estimate of drug-likeness (QED) is 0.0259. The Hall–Kier alpha value is -10.2. The van der Waals surface area contributed by atoms with Crippen molar-refractivity contribution in [3.05, 3.63) is 287 Å². The minimum absolute atomic E-state index is 0. The van der Waals surface area contributed by atoms with E-state index in [-0.39, 0.29) is 43.4 Å². The van der Waals surface area contributed by atoms with Gasteiger partial charge in [-0.3, -0.25) is 0 Å². The van der Waals surface area contributed by atoms with E-state index in [0.29, 0.717) is 96.1 Å². The third kappa shape index (κ3) is 33.6. The van der Waals surface area contributed by atoms with E-state index in [1.165, 1.54) is 63.0 Å². The molecule has 21 rings (SSSR count). The summed E-state index contributed by atoms with van der Waals surface area (Å²) in [4.78, 5) is 2.34.